The van der Waals surface area contributed by atoms with Gasteiger partial charge in [0.15, 0.2) is 0 Å². The van der Waals surface area contributed by atoms with Gasteiger partial charge in [0, 0.05) is 36.8 Å². The van der Waals surface area contributed by atoms with Crippen molar-refractivity contribution >= 4 is 29.9 Å². The summed E-state index contributed by atoms with van der Waals surface area (Å²) in [4.78, 5) is 68.4. The number of nitrogens with zero attached hydrogens (tertiary/aromatic N) is 4. The van der Waals surface area contributed by atoms with Gasteiger partial charge in [-0.15, -0.1) is 0 Å². The van der Waals surface area contributed by atoms with Crippen molar-refractivity contribution < 1.29 is 33.2 Å². The molecular formula is C37H48N6O7. The van der Waals surface area contributed by atoms with Crippen molar-refractivity contribution in [3.63, 3.8) is 0 Å². The number of Topliss-reactive ketones (excluding diaryl/α,β-unsaturated/α-hetero) is 1. The van der Waals surface area contributed by atoms with Gasteiger partial charge in [-0.25, -0.2) is 0 Å². The molecule has 1 aromatic heterocycles. The van der Waals surface area contributed by atoms with E-state index in [9.17, 15) is 24.0 Å². The van der Waals surface area contributed by atoms with Gasteiger partial charge in [0.1, 0.15) is 6.04 Å². The molecule has 0 spiro atoms. The maximum Gasteiger partial charge on any atom is 0.254 e. The second-order valence-electron chi connectivity index (χ2n) is 13.3. The molecule has 3 heterocycles. The van der Waals surface area contributed by atoms with Gasteiger partial charge in [0.25, 0.3) is 11.8 Å². The van der Waals surface area contributed by atoms with Crippen molar-refractivity contribution in [2.45, 2.75) is 72.0 Å². The zero-order valence-corrected chi connectivity index (χ0v) is 29.5. The number of ketones is 1. The third kappa shape index (κ3) is 10.3. The van der Waals surface area contributed by atoms with Crippen molar-refractivity contribution in [2.75, 3.05) is 32.8 Å². The van der Waals surface area contributed by atoms with E-state index < -0.39 is 17.9 Å². The Hall–Kier alpha value is -4.91. The molecule has 4 amide bonds. The number of amides is 4. The van der Waals surface area contributed by atoms with Crippen molar-refractivity contribution in [1.82, 2.24) is 30.6 Å². The number of carbonyl (C=O) groups is 5. The lowest BCUT2D eigenvalue weighted by Crippen LogP contribution is -2.51. The van der Waals surface area contributed by atoms with Gasteiger partial charge in [-0.05, 0) is 61.4 Å². The number of ether oxygens (including phenoxy) is 1. The van der Waals surface area contributed by atoms with E-state index in [-0.39, 0.29) is 35.5 Å². The van der Waals surface area contributed by atoms with Crippen molar-refractivity contribution in [2.24, 2.45) is 11.8 Å². The average Bonchev–Trinajstić information content (AvgIpc) is 3.81. The molecule has 50 heavy (non-hydrogen) atoms. The first-order chi connectivity index (χ1) is 24.0. The fourth-order valence-corrected chi connectivity index (χ4v) is 5.49. The van der Waals surface area contributed by atoms with Gasteiger partial charge < -0.3 is 29.7 Å². The summed E-state index contributed by atoms with van der Waals surface area (Å²) in [6.07, 6.45) is 2.46. The molecule has 0 saturated carbocycles. The van der Waals surface area contributed by atoms with Crippen LogP contribution < -0.4 is 10.6 Å². The maximum atomic E-state index is 12.9. The minimum atomic E-state index is -0.788. The fourth-order valence-electron chi connectivity index (χ4n) is 5.49. The van der Waals surface area contributed by atoms with E-state index in [1.807, 2.05) is 51.1 Å². The minimum Gasteiger partial charge on any atom is -0.378 e. The van der Waals surface area contributed by atoms with Crippen molar-refractivity contribution in [1.29, 1.82) is 0 Å². The lowest BCUT2D eigenvalue weighted by atomic mass is 9.98. The molecule has 2 N–H and O–H groups in total. The molecule has 2 aromatic carbocycles. The smallest absolute Gasteiger partial charge is 0.254 e. The summed E-state index contributed by atoms with van der Waals surface area (Å²) >= 11 is 0. The Bertz CT molecular complexity index is 1580. The van der Waals surface area contributed by atoms with Crippen LogP contribution in [0, 0.1) is 11.8 Å². The Balaban J connectivity index is 0.000000232. The number of aromatic nitrogens is 2. The molecule has 13 heteroatoms. The van der Waals surface area contributed by atoms with Gasteiger partial charge in [-0.2, -0.15) is 4.98 Å². The van der Waals surface area contributed by atoms with Gasteiger partial charge in [-0.3, -0.25) is 24.0 Å². The van der Waals surface area contributed by atoms with Crippen LogP contribution in [0.5, 0.6) is 0 Å². The molecule has 0 aliphatic carbocycles. The van der Waals surface area contributed by atoms with Crippen LogP contribution >= 0.6 is 0 Å². The third-order valence-electron chi connectivity index (χ3n) is 8.92. The summed E-state index contributed by atoms with van der Waals surface area (Å²) in [5.74, 6) is -0.344. The number of hydrogen-bond donors (Lipinski definition) is 2. The summed E-state index contributed by atoms with van der Waals surface area (Å²) in [5, 5.41) is 9.52. The van der Waals surface area contributed by atoms with Gasteiger partial charge in [0.2, 0.25) is 29.8 Å². The van der Waals surface area contributed by atoms with Crippen LogP contribution in [0.1, 0.15) is 90.2 Å². The maximum absolute atomic E-state index is 12.9. The van der Waals surface area contributed by atoms with Crippen LogP contribution in [-0.2, 0) is 20.7 Å². The summed E-state index contributed by atoms with van der Waals surface area (Å²) in [6.45, 7) is 12.7. The first kappa shape index (κ1) is 37.9. The number of morpholine rings is 1. The molecular weight excluding hydrogens is 640 g/mol. The highest BCUT2D eigenvalue weighted by molar-refractivity contribution is 6.00. The Labute approximate surface area is 293 Å². The Kier molecular flexibility index (Phi) is 13.8. The molecule has 2 unspecified atom stereocenters. The zero-order chi connectivity index (χ0) is 36.2. The van der Waals surface area contributed by atoms with Crippen LogP contribution in [-0.4, -0.2) is 101 Å². The van der Waals surface area contributed by atoms with Gasteiger partial charge >= 0.3 is 0 Å². The van der Waals surface area contributed by atoms with Crippen molar-refractivity contribution in [3.05, 3.63) is 83.0 Å². The summed E-state index contributed by atoms with van der Waals surface area (Å²) in [5.41, 5.74) is 2.18. The molecule has 5 rings (SSSR count). The number of likely N-dealkylation sites (tertiary alicyclic amines) is 1. The molecule has 268 valence electrons. The van der Waals surface area contributed by atoms with Gasteiger partial charge in [0.05, 0.1) is 25.7 Å². The lowest BCUT2D eigenvalue weighted by molar-refractivity contribution is -0.131. The molecule has 2 saturated heterocycles. The minimum absolute atomic E-state index is 0.00851. The highest BCUT2D eigenvalue weighted by Gasteiger charge is 2.35. The average molecular weight is 689 g/mol. The van der Waals surface area contributed by atoms with E-state index in [4.69, 9.17) is 9.26 Å². The molecule has 2 aliphatic rings. The standard InChI is InChI=1S/C20H24N4O4.C17H24N2O3/c1-13(2)17(22-20(27)15-9-6-10-24(15)12-25)18(26)19-21-16(28-23-19)11-14-7-4-3-5-8-14;1-12(2)13(3)18-16(20)14-4-6-15(7-5-14)17(21)19-8-10-22-11-9-19/h3-5,7-8,12-13,15,17H,6,9-11H2,1-2H3,(H,22,27);4-7,12-13H,8-11H2,1-3H3,(H,18,20)/t15-,17?;/m0./s1. The van der Waals surface area contributed by atoms with E-state index >= 15 is 0 Å². The number of carbonyl (C=O) groups excluding carboxylic acids is 5. The van der Waals surface area contributed by atoms with Crippen LogP contribution in [0.25, 0.3) is 0 Å². The predicted molar refractivity (Wildman–Crippen MR) is 185 cm³/mol. The molecule has 2 fully saturated rings. The highest BCUT2D eigenvalue weighted by Crippen LogP contribution is 2.17. The monoisotopic (exact) mass is 688 g/mol. The molecule has 3 aromatic rings. The quantitative estimate of drug-likeness (QED) is 0.214. The van der Waals surface area contributed by atoms with E-state index in [2.05, 4.69) is 34.6 Å². The van der Waals surface area contributed by atoms with Gasteiger partial charge in [-0.1, -0.05) is 63.2 Å². The lowest BCUT2D eigenvalue weighted by Gasteiger charge is -2.26. The molecule has 13 nitrogen and oxygen atoms in total. The molecule has 2 aliphatic heterocycles. The van der Waals surface area contributed by atoms with Crippen molar-refractivity contribution in [3.8, 4) is 0 Å². The second kappa shape index (κ2) is 18.2. The Morgan fingerprint density at radius 2 is 1.54 bits per heavy atom. The van der Waals surface area contributed by atoms with Crippen LogP contribution in [0.2, 0.25) is 0 Å². The largest absolute Gasteiger partial charge is 0.378 e. The van der Waals surface area contributed by atoms with Crippen LogP contribution in [0.4, 0.5) is 0 Å². The normalized spacial score (nSPS) is 17.1. The summed E-state index contributed by atoms with van der Waals surface area (Å²) < 4.78 is 10.5. The number of hydrogen-bond acceptors (Lipinski definition) is 9. The summed E-state index contributed by atoms with van der Waals surface area (Å²) in [7, 11) is 0. The first-order valence-corrected chi connectivity index (χ1v) is 17.2. The van der Waals surface area contributed by atoms with Crippen LogP contribution in [0.15, 0.2) is 59.1 Å². The number of nitrogens with one attached hydrogen (secondary N) is 2. The molecule has 3 atom stereocenters. The topological polar surface area (TPSA) is 164 Å². The summed E-state index contributed by atoms with van der Waals surface area (Å²) in [6, 6.07) is 15.2. The first-order valence-electron chi connectivity index (χ1n) is 17.2. The predicted octanol–water partition coefficient (Wildman–Crippen LogP) is 3.54. The van der Waals surface area contributed by atoms with E-state index in [1.165, 1.54) is 4.90 Å². The third-order valence-corrected chi connectivity index (χ3v) is 8.92. The van der Waals surface area contributed by atoms with E-state index in [1.54, 1.807) is 29.2 Å². The number of rotatable bonds is 12. The van der Waals surface area contributed by atoms with E-state index in [0.717, 1.165) is 12.0 Å². The molecule has 0 radical (unpaired) electrons. The highest BCUT2D eigenvalue weighted by atomic mass is 16.5. The number of benzene rings is 2. The van der Waals surface area contributed by atoms with Crippen LogP contribution in [0.3, 0.4) is 0 Å². The zero-order valence-electron chi connectivity index (χ0n) is 29.5. The SMILES string of the molecule is CC(C)C(C)NC(=O)c1ccc(C(=O)N2CCOCC2)cc1.CC(C)C(NC(=O)[C@@H]1CCCN1C=O)C(=O)c1noc(Cc2ccccc2)n1. The Morgan fingerprint density at radius 3 is 2.16 bits per heavy atom. The molecule has 0 bridgehead atoms. The fraction of sp³-hybridized carbons (Fsp3) is 0.486. The second-order valence-corrected chi connectivity index (χ2v) is 13.3. The Morgan fingerprint density at radius 1 is 0.880 bits per heavy atom. The van der Waals surface area contributed by atoms with E-state index in [0.29, 0.717) is 75.0 Å².